The Labute approximate surface area is 108 Å². The highest BCUT2D eigenvalue weighted by atomic mass is 16.2. The molecule has 1 fully saturated rings. The Morgan fingerprint density at radius 2 is 1.83 bits per heavy atom. The molecule has 18 heavy (non-hydrogen) atoms. The molecule has 1 rings (SSSR count). The summed E-state index contributed by atoms with van der Waals surface area (Å²) in [4.78, 5) is 26.8. The molecule has 4 N–H and O–H groups in total. The normalized spacial score (nSPS) is 19.7. The molecule has 0 aromatic rings. The highest BCUT2D eigenvalue weighted by molar-refractivity contribution is 5.82. The van der Waals surface area contributed by atoms with Gasteiger partial charge < -0.3 is 16.4 Å². The highest BCUT2D eigenvalue weighted by Gasteiger charge is 2.25. The van der Waals surface area contributed by atoms with Crippen LogP contribution in [0.3, 0.4) is 0 Å². The number of carbonyl (C=O) groups is 2. The van der Waals surface area contributed by atoms with Crippen LogP contribution in [-0.4, -0.2) is 60.4 Å². The topological polar surface area (TPSA) is 92.7 Å². The Morgan fingerprint density at radius 3 is 2.39 bits per heavy atom. The van der Waals surface area contributed by atoms with Crippen molar-refractivity contribution in [2.75, 3.05) is 32.7 Å². The van der Waals surface area contributed by atoms with Crippen molar-refractivity contribution in [1.82, 2.24) is 9.80 Å². The van der Waals surface area contributed by atoms with E-state index in [0.717, 1.165) is 13.0 Å². The number of amides is 2. The van der Waals surface area contributed by atoms with Crippen molar-refractivity contribution >= 4 is 11.8 Å². The molecule has 0 unspecified atom stereocenters. The standard InChI is InChI=1S/C12H24N4O2/c1-9(2)11(14)12(18)16-5-3-4-15(6-7-16)8-10(13)17/h9,11H,3-8,14H2,1-2H3,(H2,13,17)/t11-/m0/s1. The first-order valence-electron chi connectivity index (χ1n) is 6.47. The number of nitrogens with zero attached hydrogens (tertiary/aromatic N) is 2. The van der Waals surface area contributed by atoms with Crippen molar-refractivity contribution < 1.29 is 9.59 Å². The monoisotopic (exact) mass is 256 g/mol. The van der Waals surface area contributed by atoms with E-state index in [1.165, 1.54) is 0 Å². The molecule has 6 heteroatoms. The van der Waals surface area contributed by atoms with Crippen molar-refractivity contribution in [3.8, 4) is 0 Å². The molecule has 0 radical (unpaired) electrons. The molecule has 1 saturated heterocycles. The lowest BCUT2D eigenvalue weighted by Gasteiger charge is -2.26. The van der Waals surface area contributed by atoms with Gasteiger partial charge in [-0.15, -0.1) is 0 Å². The number of rotatable bonds is 4. The fourth-order valence-electron chi connectivity index (χ4n) is 2.07. The van der Waals surface area contributed by atoms with E-state index in [-0.39, 0.29) is 24.3 Å². The van der Waals surface area contributed by atoms with Crippen LogP contribution in [0.1, 0.15) is 20.3 Å². The molecule has 0 bridgehead atoms. The lowest BCUT2D eigenvalue weighted by Crippen LogP contribution is -2.47. The predicted octanol–water partition coefficient (Wildman–Crippen LogP) is -1.01. The molecule has 1 atom stereocenters. The quantitative estimate of drug-likeness (QED) is 0.674. The first-order chi connectivity index (χ1) is 8.41. The largest absolute Gasteiger partial charge is 0.369 e. The van der Waals surface area contributed by atoms with Crippen molar-refractivity contribution in [3.05, 3.63) is 0 Å². The minimum atomic E-state index is -0.437. The fraction of sp³-hybridized carbons (Fsp3) is 0.833. The van der Waals surface area contributed by atoms with Crippen molar-refractivity contribution in [1.29, 1.82) is 0 Å². The second kappa shape index (κ2) is 6.70. The average molecular weight is 256 g/mol. The van der Waals surface area contributed by atoms with Crippen LogP contribution in [0.4, 0.5) is 0 Å². The molecule has 1 aliphatic rings. The van der Waals surface area contributed by atoms with Gasteiger partial charge in [-0.3, -0.25) is 14.5 Å². The number of primary amides is 1. The molecular weight excluding hydrogens is 232 g/mol. The van der Waals surface area contributed by atoms with Gasteiger partial charge in [0.05, 0.1) is 12.6 Å². The molecule has 0 aromatic carbocycles. The van der Waals surface area contributed by atoms with E-state index in [4.69, 9.17) is 11.5 Å². The lowest BCUT2D eigenvalue weighted by atomic mass is 10.0. The summed E-state index contributed by atoms with van der Waals surface area (Å²) in [7, 11) is 0. The fourth-order valence-corrected chi connectivity index (χ4v) is 2.07. The van der Waals surface area contributed by atoms with Gasteiger partial charge >= 0.3 is 0 Å². The van der Waals surface area contributed by atoms with Gasteiger partial charge in [-0.05, 0) is 12.3 Å². The Bertz CT molecular complexity index is 306. The summed E-state index contributed by atoms with van der Waals surface area (Å²) in [5.41, 5.74) is 11.1. The summed E-state index contributed by atoms with van der Waals surface area (Å²) in [5.74, 6) is -0.179. The van der Waals surface area contributed by atoms with Crippen LogP contribution >= 0.6 is 0 Å². The molecule has 0 aliphatic carbocycles. The maximum atomic E-state index is 12.1. The maximum Gasteiger partial charge on any atom is 0.239 e. The van der Waals surface area contributed by atoms with E-state index in [2.05, 4.69) is 0 Å². The van der Waals surface area contributed by atoms with E-state index in [0.29, 0.717) is 19.6 Å². The molecule has 104 valence electrons. The zero-order valence-corrected chi connectivity index (χ0v) is 11.3. The lowest BCUT2D eigenvalue weighted by molar-refractivity contribution is -0.133. The Morgan fingerprint density at radius 1 is 1.17 bits per heavy atom. The van der Waals surface area contributed by atoms with Gasteiger partial charge in [0.25, 0.3) is 0 Å². The molecule has 0 aromatic heterocycles. The first-order valence-corrected chi connectivity index (χ1v) is 6.47. The van der Waals surface area contributed by atoms with Crippen LogP contribution < -0.4 is 11.5 Å². The third-order valence-electron chi connectivity index (χ3n) is 3.28. The van der Waals surface area contributed by atoms with Crippen LogP contribution in [0.25, 0.3) is 0 Å². The smallest absolute Gasteiger partial charge is 0.239 e. The zero-order chi connectivity index (χ0) is 13.7. The van der Waals surface area contributed by atoms with Gasteiger partial charge in [-0.25, -0.2) is 0 Å². The third-order valence-corrected chi connectivity index (χ3v) is 3.28. The van der Waals surface area contributed by atoms with Gasteiger partial charge in [0, 0.05) is 26.2 Å². The zero-order valence-electron chi connectivity index (χ0n) is 11.3. The molecule has 0 spiro atoms. The maximum absolute atomic E-state index is 12.1. The van der Waals surface area contributed by atoms with Gasteiger partial charge in [0.1, 0.15) is 0 Å². The first kappa shape index (κ1) is 14.9. The number of carbonyl (C=O) groups excluding carboxylic acids is 2. The van der Waals surface area contributed by atoms with Gasteiger partial charge in [0.15, 0.2) is 0 Å². The summed E-state index contributed by atoms with van der Waals surface area (Å²) in [6.07, 6.45) is 0.851. The second-order valence-electron chi connectivity index (χ2n) is 5.19. The Hall–Kier alpha value is -1.14. The van der Waals surface area contributed by atoms with Crippen LogP contribution in [0, 0.1) is 5.92 Å². The van der Waals surface area contributed by atoms with E-state index < -0.39 is 6.04 Å². The van der Waals surface area contributed by atoms with E-state index in [1.807, 2.05) is 18.7 Å². The van der Waals surface area contributed by atoms with Crippen LogP contribution in [0.5, 0.6) is 0 Å². The molecule has 6 nitrogen and oxygen atoms in total. The van der Waals surface area contributed by atoms with Crippen LogP contribution in [0.2, 0.25) is 0 Å². The summed E-state index contributed by atoms with van der Waals surface area (Å²) in [6, 6.07) is -0.437. The molecule has 1 heterocycles. The van der Waals surface area contributed by atoms with Gasteiger partial charge in [-0.2, -0.15) is 0 Å². The molecular formula is C12H24N4O2. The van der Waals surface area contributed by atoms with Gasteiger partial charge in [-0.1, -0.05) is 13.8 Å². The van der Waals surface area contributed by atoms with Crippen LogP contribution in [0.15, 0.2) is 0 Å². The molecule has 1 aliphatic heterocycles. The van der Waals surface area contributed by atoms with Gasteiger partial charge in [0.2, 0.25) is 11.8 Å². The number of nitrogens with two attached hydrogens (primary N) is 2. The number of hydrogen-bond acceptors (Lipinski definition) is 4. The van der Waals surface area contributed by atoms with E-state index >= 15 is 0 Å². The Balaban J connectivity index is 2.51. The second-order valence-corrected chi connectivity index (χ2v) is 5.19. The SMILES string of the molecule is CC(C)[C@H](N)C(=O)N1CCCN(CC(N)=O)CC1. The van der Waals surface area contributed by atoms with E-state index in [1.54, 1.807) is 4.90 Å². The summed E-state index contributed by atoms with van der Waals surface area (Å²) < 4.78 is 0. The molecule has 0 saturated carbocycles. The van der Waals surface area contributed by atoms with Crippen molar-refractivity contribution in [2.24, 2.45) is 17.4 Å². The third kappa shape index (κ3) is 4.27. The minimum Gasteiger partial charge on any atom is -0.369 e. The predicted molar refractivity (Wildman–Crippen MR) is 69.6 cm³/mol. The van der Waals surface area contributed by atoms with Crippen molar-refractivity contribution in [2.45, 2.75) is 26.3 Å². The minimum absolute atomic E-state index is 0.00549. The highest BCUT2D eigenvalue weighted by Crippen LogP contribution is 2.08. The summed E-state index contributed by atoms with van der Waals surface area (Å²) >= 11 is 0. The number of hydrogen-bond donors (Lipinski definition) is 2. The average Bonchev–Trinajstić information content (AvgIpc) is 2.51. The van der Waals surface area contributed by atoms with Crippen LogP contribution in [-0.2, 0) is 9.59 Å². The van der Waals surface area contributed by atoms with Crippen molar-refractivity contribution in [3.63, 3.8) is 0 Å². The summed E-state index contributed by atoms with van der Waals surface area (Å²) in [6.45, 7) is 6.95. The van der Waals surface area contributed by atoms with E-state index in [9.17, 15) is 9.59 Å². The summed E-state index contributed by atoms with van der Waals surface area (Å²) in [5, 5.41) is 0. The Kier molecular flexibility index (Phi) is 5.55. The molecule has 2 amide bonds.